The van der Waals surface area contributed by atoms with Crippen LogP contribution in [0.3, 0.4) is 0 Å². The van der Waals surface area contributed by atoms with Crippen LogP contribution in [0.25, 0.3) is 0 Å². The van der Waals surface area contributed by atoms with E-state index in [4.69, 9.17) is 0 Å². The minimum absolute atomic E-state index is 0.354. The van der Waals surface area contributed by atoms with E-state index in [1.165, 1.54) is 5.69 Å². The molecule has 1 heterocycles. The topological polar surface area (TPSA) is 12.9 Å². The standard InChI is InChI=1S/C10H16BrNS/c1-10(2,3)8(5-11)4-9-6-13-7-12-9/h6-8H,4-5H2,1-3H3. The number of nitrogens with zero attached hydrogens (tertiary/aromatic N) is 1. The molecule has 13 heavy (non-hydrogen) atoms. The maximum absolute atomic E-state index is 4.32. The number of alkyl halides is 1. The molecule has 0 spiro atoms. The molecule has 0 N–H and O–H groups in total. The van der Waals surface area contributed by atoms with Gasteiger partial charge in [0.2, 0.25) is 0 Å². The van der Waals surface area contributed by atoms with Gasteiger partial charge in [-0.25, -0.2) is 4.98 Å². The van der Waals surface area contributed by atoms with E-state index in [-0.39, 0.29) is 0 Å². The van der Waals surface area contributed by atoms with Crippen LogP contribution >= 0.6 is 27.3 Å². The summed E-state index contributed by atoms with van der Waals surface area (Å²) >= 11 is 5.25. The van der Waals surface area contributed by atoms with Gasteiger partial charge in [0, 0.05) is 10.7 Å². The molecular formula is C10H16BrNS. The highest BCUT2D eigenvalue weighted by atomic mass is 79.9. The van der Waals surface area contributed by atoms with Crippen LogP contribution in [0.1, 0.15) is 26.5 Å². The maximum atomic E-state index is 4.32. The lowest BCUT2D eigenvalue weighted by Gasteiger charge is -2.28. The Bertz CT molecular complexity index is 238. The van der Waals surface area contributed by atoms with Crippen LogP contribution < -0.4 is 0 Å². The Balaban J connectivity index is 2.60. The van der Waals surface area contributed by atoms with Gasteiger partial charge in [-0.2, -0.15) is 0 Å². The number of aromatic nitrogens is 1. The Morgan fingerprint density at radius 1 is 1.54 bits per heavy atom. The van der Waals surface area contributed by atoms with Gasteiger partial charge < -0.3 is 0 Å². The molecule has 1 nitrogen and oxygen atoms in total. The molecule has 0 aliphatic rings. The van der Waals surface area contributed by atoms with Crippen molar-refractivity contribution < 1.29 is 0 Å². The van der Waals surface area contributed by atoms with Crippen LogP contribution in [0.4, 0.5) is 0 Å². The molecule has 0 fully saturated rings. The number of halogens is 1. The maximum Gasteiger partial charge on any atom is 0.0794 e. The molecule has 0 radical (unpaired) electrons. The predicted molar refractivity (Wildman–Crippen MR) is 62.6 cm³/mol. The fraction of sp³-hybridized carbons (Fsp3) is 0.700. The monoisotopic (exact) mass is 261 g/mol. The highest BCUT2D eigenvalue weighted by Crippen LogP contribution is 2.30. The summed E-state index contributed by atoms with van der Waals surface area (Å²) in [6.07, 6.45) is 1.08. The summed E-state index contributed by atoms with van der Waals surface area (Å²) in [4.78, 5) is 4.32. The first-order chi connectivity index (χ1) is 6.04. The van der Waals surface area contributed by atoms with Crippen molar-refractivity contribution in [2.45, 2.75) is 27.2 Å². The Morgan fingerprint density at radius 3 is 2.62 bits per heavy atom. The summed E-state index contributed by atoms with van der Waals surface area (Å²) < 4.78 is 0. The van der Waals surface area contributed by atoms with Gasteiger partial charge in [0.05, 0.1) is 11.2 Å². The van der Waals surface area contributed by atoms with Gasteiger partial charge in [-0.1, -0.05) is 36.7 Å². The first-order valence-corrected chi connectivity index (χ1v) is 6.53. The number of hydrogen-bond donors (Lipinski definition) is 0. The number of hydrogen-bond acceptors (Lipinski definition) is 2. The lowest BCUT2D eigenvalue weighted by atomic mass is 9.79. The minimum Gasteiger partial charge on any atom is -0.250 e. The van der Waals surface area contributed by atoms with Crippen molar-refractivity contribution in [1.82, 2.24) is 4.98 Å². The van der Waals surface area contributed by atoms with Crippen LogP contribution in [0.15, 0.2) is 10.9 Å². The van der Waals surface area contributed by atoms with Crippen molar-refractivity contribution in [2.75, 3.05) is 5.33 Å². The lowest BCUT2D eigenvalue weighted by molar-refractivity contribution is 0.265. The molecule has 0 amide bonds. The normalized spacial score (nSPS) is 14.5. The molecule has 1 unspecified atom stereocenters. The van der Waals surface area contributed by atoms with Gasteiger partial charge in [0.25, 0.3) is 0 Å². The van der Waals surface area contributed by atoms with E-state index < -0.39 is 0 Å². The Kier molecular flexibility index (Phi) is 3.92. The molecule has 74 valence electrons. The van der Waals surface area contributed by atoms with E-state index in [1.807, 2.05) is 5.51 Å². The fourth-order valence-electron chi connectivity index (χ4n) is 1.18. The van der Waals surface area contributed by atoms with E-state index in [0.717, 1.165) is 11.8 Å². The molecule has 0 aliphatic heterocycles. The van der Waals surface area contributed by atoms with E-state index >= 15 is 0 Å². The van der Waals surface area contributed by atoms with Gasteiger partial charge >= 0.3 is 0 Å². The van der Waals surface area contributed by atoms with Crippen molar-refractivity contribution in [3.05, 3.63) is 16.6 Å². The third kappa shape index (κ3) is 3.39. The highest BCUT2D eigenvalue weighted by Gasteiger charge is 2.24. The second-order valence-corrected chi connectivity index (χ2v) is 5.77. The van der Waals surface area contributed by atoms with Crippen LogP contribution in [0, 0.1) is 11.3 Å². The minimum atomic E-state index is 0.354. The van der Waals surface area contributed by atoms with Crippen molar-refractivity contribution in [1.29, 1.82) is 0 Å². The largest absolute Gasteiger partial charge is 0.250 e. The molecule has 1 atom stereocenters. The first-order valence-electron chi connectivity index (χ1n) is 4.47. The molecule has 3 heteroatoms. The van der Waals surface area contributed by atoms with Gasteiger partial charge in [-0.15, -0.1) is 11.3 Å². The molecular weight excluding hydrogens is 246 g/mol. The van der Waals surface area contributed by atoms with Crippen LogP contribution in [-0.2, 0) is 6.42 Å². The average molecular weight is 262 g/mol. The Morgan fingerprint density at radius 2 is 2.23 bits per heavy atom. The zero-order chi connectivity index (χ0) is 9.90. The summed E-state index contributed by atoms with van der Waals surface area (Å²) in [5, 5.41) is 3.19. The molecule has 0 saturated heterocycles. The van der Waals surface area contributed by atoms with E-state index in [1.54, 1.807) is 11.3 Å². The summed E-state index contributed by atoms with van der Waals surface area (Å²) in [6.45, 7) is 6.85. The first kappa shape index (κ1) is 11.2. The van der Waals surface area contributed by atoms with E-state index in [2.05, 4.69) is 47.1 Å². The van der Waals surface area contributed by atoms with E-state index in [0.29, 0.717) is 11.3 Å². The van der Waals surface area contributed by atoms with Gasteiger partial charge in [0.1, 0.15) is 0 Å². The highest BCUT2D eigenvalue weighted by molar-refractivity contribution is 9.09. The van der Waals surface area contributed by atoms with E-state index in [9.17, 15) is 0 Å². The zero-order valence-electron chi connectivity index (χ0n) is 8.38. The van der Waals surface area contributed by atoms with Crippen molar-refractivity contribution in [3.8, 4) is 0 Å². The van der Waals surface area contributed by atoms with Gasteiger partial charge in [-0.3, -0.25) is 0 Å². The zero-order valence-corrected chi connectivity index (χ0v) is 10.8. The lowest BCUT2D eigenvalue weighted by Crippen LogP contribution is -2.24. The summed E-state index contributed by atoms with van der Waals surface area (Å²) in [6, 6.07) is 0. The molecule has 1 aromatic heterocycles. The van der Waals surface area contributed by atoms with Crippen LogP contribution in [-0.4, -0.2) is 10.3 Å². The van der Waals surface area contributed by atoms with Crippen molar-refractivity contribution >= 4 is 27.3 Å². The number of rotatable bonds is 3. The predicted octanol–water partition coefficient (Wildman–Crippen LogP) is 3.74. The average Bonchev–Trinajstić information content (AvgIpc) is 2.49. The Labute approximate surface area is 92.7 Å². The van der Waals surface area contributed by atoms with Crippen molar-refractivity contribution in [2.24, 2.45) is 11.3 Å². The van der Waals surface area contributed by atoms with Crippen molar-refractivity contribution in [3.63, 3.8) is 0 Å². The molecule has 0 bridgehead atoms. The summed E-state index contributed by atoms with van der Waals surface area (Å²) in [5.41, 5.74) is 3.49. The number of thiazole rings is 1. The quantitative estimate of drug-likeness (QED) is 0.756. The SMILES string of the molecule is CC(C)(C)C(CBr)Cc1cscn1. The third-order valence-electron chi connectivity index (χ3n) is 2.35. The second kappa shape index (κ2) is 4.56. The molecule has 0 saturated carbocycles. The fourth-order valence-corrected chi connectivity index (χ4v) is 2.95. The summed E-state index contributed by atoms with van der Waals surface area (Å²) in [7, 11) is 0. The van der Waals surface area contributed by atoms with Crippen LogP contribution in [0.2, 0.25) is 0 Å². The van der Waals surface area contributed by atoms with Crippen LogP contribution in [0.5, 0.6) is 0 Å². The molecule has 1 rings (SSSR count). The van der Waals surface area contributed by atoms with Gasteiger partial charge in [0.15, 0.2) is 0 Å². The Hall–Kier alpha value is 0.110. The second-order valence-electron chi connectivity index (χ2n) is 4.40. The van der Waals surface area contributed by atoms with Gasteiger partial charge in [-0.05, 0) is 17.8 Å². The third-order valence-corrected chi connectivity index (χ3v) is 3.77. The molecule has 0 aliphatic carbocycles. The molecule has 0 aromatic carbocycles. The summed E-state index contributed by atoms with van der Waals surface area (Å²) in [5.74, 6) is 0.662. The molecule has 1 aromatic rings. The smallest absolute Gasteiger partial charge is 0.0794 e.